The summed E-state index contributed by atoms with van der Waals surface area (Å²) in [6.07, 6.45) is 0.964. The summed E-state index contributed by atoms with van der Waals surface area (Å²) >= 11 is 5.17. The summed E-state index contributed by atoms with van der Waals surface area (Å²) in [7, 11) is -3.27. The highest BCUT2D eigenvalue weighted by atomic mass is 35.5. The molecule has 0 aromatic heterocycles. The number of sulfone groups is 1. The lowest BCUT2D eigenvalue weighted by Crippen LogP contribution is -2.16. The molecule has 1 N–H and O–H groups in total. The first-order chi connectivity index (χ1) is 7.31. The molecule has 0 radical (unpaired) electrons. The maximum Gasteiger partial charge on any atom is 0.364 e. The fourth-order valence-corrected chi connectivity index (χ4v) is 1.14. The highest BCUT2D eigenvalue weighted by molar-refractivity contribution is 7.90. The number of aliphatic hydroxyl groups is 1. The molecule has 0 fully saturated rings. The number of carbonyl (C=O) groups excluding carboxylic acids is 1. The van der Waals surface area contributed by atoms with E-state index in [1.807, 2.05) is 0 Å². The van der Waals surface area contributed by atoms with E-state index in [-0.39, 0.29) is 5.75 Å². The van der Waals surface area contributed by atoms with E-state index < -0.39 is 39.7 Å². The molecule has 9 heteroatoms. The van der Waals surface area contributed by atoms with Gasteiger partial charge in [-0.3, -0.25) is 0 Å². The third kappa shape index (κ3) is 5.66. The van der Waals surface area contributed by atoms with Gasteiger partial charge in [0.1, 0.15) is 12.4 Å². The molecule has 0 atom stereocenters. The number of halogens is 1. The number of nitrogens with zero attached hydrogens (tertiary/aromatic N) is 1. The minimum Gasteiger partial charge on any atom is -0.508 e. The van der Waals surface area contributed by atoms with Crippen molar-refractivity contribution in [3.05, 3.63) is 16.4 Å². The Kier molecular flexibility index (Phi) is 5.97. The van der Waals surface area contributed by atoms with Crippen LogP contribution in [0.15, 0.2) is 16.6 Å². The van der Waals surface area contributed by atoms with Crippen LogP contribution in [0.1, 0.15) is 0 Å². The molecule has 0 aliphatic heterocycles. The van der Waals surface area contributed by atoms with Crippen molar-refractivity contribution in [3.63, 3.8) is 0 Å². The summed E-state index contributed by atoms with van der Waals surface area (Å²) in [6, 6.07) is 0. The minimum absolute atomic E-state index is 0.382. The molecule has 0 bridgehead atoms. The lowest BCUT2D eigenvalue weighted by molar-refractivity contribution is -0.138. The van der Waals surface area contributed by atoms with Crippen LogP contribution in [-0.4, -0.2) is 44.0 Å². The first-order valence-corrected chi connectivity index (χ1v) is 6.57. The van der Waals surface area contributed by atoms with Crippen LogP contribution in [0.2, 0.25) is 0 Å². The summed E-state index contributed by atoms with van der Waals surface area (Å²) < 4.78 is 25.8. The Bertz CT molecular complexity index is 401. The lowest BCUT2D eigenvalue weighted by atomic mass is 10.4. The van der Waals surface area contributed by atoms with Crippen molar-refractivity contribution in [1.29, 1.82) is 0 Å². The van der Waals surface area contributed by atoms with Crippen LogP contribution in [0.3, 0.4) is 0 Å². The Morgan fingerprint density at radius 1 is 1.50 bits per heavy atom. The van der Waals surface area contributed by atoms with Gasteiger partial charge in [0.2, 0.25) is 5.70 Å². The van der Waals surface area contributed by atoms with E-state index in [0.29, 0.717) is 0 Å². The smallest absolute Gasteiger partial charge is 0.364 e. The highest BCUT2D eigenvalue weighted by Gasteiger charge is 2.18. The van der Waals surface area contributed by atoms with E-state index in [1.165, 1.54) is 0 Å². The van der Waals surface area contributed by atoms with Gasteiger partial charge >= 0.3 is 5.97 Å². The maximum absolute atomic E-state index is 11.1. The number of esters is 1. The monoisotopic (exact) mass is 271 g/mol. The normalized spacial score (nSPS) is 12.9. The van der Waals surface area contributed by atoms with Crippen molar-refractivity contribution in [2.45, 2.75) is 0 Å². The van der Waals surface area contributed by atoms with Crippen LogP contribution in [0.5, 0.6) is 0 Å². The Morgan fingerprint density at radius 3 is 2.44 bits per heavy atom. The SMILES string of the molecule is CS(=O)(=O)CCOC(=O)C(N=O)=C(O)CCl. The van der Waals surface area contributed by atoms with Crippen LogP contribution in [0, 0.1) is 4.91 Å². The number of carbonyl (C=O) groups is 1. The predicted octanol–water partition coefficient (Wildman–Crippen LogP) is 0.349. The van der Waals surface area contributed by atoms with Crippen molar-refractivity contribution in [2.24, 2.45) is 5.18 Å². The second-order valence-electron chi connectivity index (χ2n) is 2.79. The van der Waals surface area contributed by atoms with E-state index in [9.17, 15) is 18.1 Å². The average molecular weight is 272 g/mol. The van der Waals surface area contributed by atoms with Gasteiger partial charge in [-0.1, -0.05) is 0 Å². The van der Waals surface area contributed by atoms with Crippen LogP contribution in [0.4, 0.5) is 0 Å². The lowest BCUT2D eigenvalue weighted by Gasteiger charge is -2.03. The predicted molar refractivity (Wildman–Crippen MR) is 56.8 cm³/mol. The zero-order valence-electron chi connectivity index (χ0n) is 8.34. The molecule has 0 saturated carbocycles. The van der Waals surface area contributed by atoms with E-state index in [0.717, 1.165) is 6.26 Å². The quantitative estimate of drug-likeness (QED) is 0.245. The zero-order valence-corrected chi connectivity index (χ0v) is 9.92. The molecule has 0 saturated heterocycles. The molecule has 0 spiro atoms. The van der Waals surface area contributed by atoms with Crippen molar-refractivity contribution < 1.29 is 23.1 Å². The third-order valence-corrected chi connectivity index (χ3v) is 2.53. The summed E-state index contributed by atoms with van der Waals surface area (Å²) in [5, 5.41) is 11.2. The largest absolute Gasteiger partial charge is 0.508 e. The average Bonchev–Trinajstić information content (AvgIpc) is 2.16. The fourth-order valence-electron chi connectivity index (χ4n) is 0.625. The number of rotatable bonds is 6. The summed E-state index contributed by atoms with van der Waals surface area (Å²) in [6.45, 7) is -0.424. The van der Waals surface area contributed by atoms with Gasteiger partial charge in [0.15, 0.2) is 9.84 Å². The first-order valence-electron chi connectivity index (χ1n) is 3.98. The molecule has 7 nitrogen and oxygen atoms in total. The summed E-state index contributed by atoms with van der Waals surface area (Å²) in [5.41, 5.74) is -0.858. The van der Waals surface area contributed by atoms with Gasteiger partial charge in [-0.2, -0.15) is 0 Å². The Balaban J connectivity index is 4.42. The van der Waals surface area contributed by atoms with Crippen LogP contribution < -0.4 is 0 Å². The number of allylic oxidation sites excluding steroid dienone is 1. The molecule has 0 unspecified atom stereocenters. The van der Waals surface area contributed by atoms with Crippen LogP contribution >= 0.6 is 11.6 Å². The number of ether oxygens (including phenoxy) is 1. The second kappa shape index (κ2) is 6.44. The maximum atomic E-state index is 11.1. The molecule has 0 aromatic carbocycles. The topological polar surface area (TPSA) is 110 Å². The van der Waals surface area contributed by atoms with Crippen molar-refractivity contribution in [3.8, 4) is 0 Å². The fraction of sp³-hybridized carbons (Fsp3) is 0.571. The molecular weight excluding hydrogens is 262 g/mol. The van der Waals surface area contributed by atoms with E-state index in [4.69, 9.17) is 16.7 Å². The number of alkyl halides is 1. The van der Waals surface area contributed by atoms with Crippen LogP contribution in [-0.2, 0) is 19.4 Å². The zero-order chi connectivity index (χ0) is 12.8. The Hall–Kier alpha value is -1.15. The number of hydrogen-bond donors (Lipinski definition) is 1. The molecule has 0 aromatic rings. The molecule has 92 valence electrons. The molecular formula is C7H10ClNO6S. The van der Waals surface area contributed by atoms with Gasteiger partial charge in [0, 0.05) is 6.26 Å². The molecule has 0 heterocycles. The molecule has 0 rings (SSSR count). The van der Waals surface area contributed by atoms with Gasteiger partial charge < -0.3 is 9.84 Å². The minimum atomic E-state index is -3.27. The first kappa shape index (κ1) is 14.8. The molecule has 0 aliphatic rings. The van der Waals surface area contributed by atoms with Gasteiger partial charge in [0.05, 0.1) is 11.6 Å². The standard InChI is InChI=1S/C7H10ClNO6S/c1-16(13,14)3-2-15-7(11)6(9-12)5(10)4-8/h10H,2-4H2,1H3. The molecule has 0 aliphatic carbocycles. The number of aliphatic hydroxyl groups excluding tert-OH is 1. The van der Waals surface area contributed by atoms with Crippen molar-refractivity contribution in [2.75, 3.05) is 24.5 Å². The van der Waals surface area contributed by atoms with E-state index >= 15 is 0 Å². The Morgan fingerprint density at radius 2 is 2.06 bits per heavy atom. The van der Waals surface area contributed by atoms with Gasteiger partial charge in [0.25, 0.3) is 0 Å². The third-order valence-electron chi connectivity index (χ3n) is 1.37. The van der Waals surface area contributed by atoms with Gasteiger partial charge in [-0.15, -0.1) is 16.5 Å². The van der Waals surface area contributed by atoms with Crippen LogP contribution in [0.25, 0.3) is 0 Å². The highest BCUT2D eigenvalue weighted by Crippen LogP contribution is 2.07. The summed E-state index contributed by atoms with van der Waals surface area (Å²) in [4.78, 5) is 21.2. The van der Waals surface area contributed by atoms with Gasteiger partial charge in [-0.05, 0) is 5.18 Å². The summed E-state index contributed by atoms with van der Waals surface area (Å²) in [5.74, 6) is -2.78. The van der Waals surface area contributed by atoms with Crippen molar-refractivity contribution in [1.82, 2.24) is 0 Å². The number of hydrogen-bond acceptors (Lipinski definition) is 7. The molecule has 0 amide bonds. The number of nitroso groups, excluding NO2 is 1. The molecule has 16 heavy (non-hydrogen) atoms. The van der Waals surface area contributed by atoms with E-state index in [2.05, 4.69) is 9.91 Å². The van der Waals surface area contributed by atoms with Gasteiger partial charge in [-0.25, -0.2) is 13.2 Å². The van der Waals surface area contributed by atoms with Crippen molar-refractivity contribution >= 4 is 27.4 Å². The second-order valence-corrected chi connectivity index (χ2v) is 5.31. The van der Waals surface area contributed by atoms with E-state index in [1.54, 1.807) is 0 Å². The Labute approximate surface area is 96.9 Å².